The van der Waals surface area contributed by atoms with Crippen molar-refractivity contribution >= 4 is 11.8 Å². The SMILES string of the molecule is C[C@H]1OC(Sc2ncccn2)CC[C@@H]1N(C)C. The van der Waals surface area contributed by atoms with Crippen LogP contribution in [0.1, 0.15) is 19.8 Å². The molecule has 0 N–H and O–H groups in total. The monoisotopic (exact) mass is 253 g/mol. The molecule has 0 aromatic carbocycles. The van der Waals surface area contributed by atoms with Crippen LogP contribution in [0, 0.1) is 0 Å². The lowest BCUT2D eigenvalue weighted by atomic mass is 10.0. The highest BCUT2D eigenvalue weighted by Gasteiger charge is 2.30. The molecule has 94 valence electrons. The van der Waals surface area contributed by atoms with Crippen molar-refractivity contribution in [1.29, 1.82) is 0 Å². The molecule has 0 bridgehead atoms. The molecule has 1 saturated heterocycles. The van der Waals surface area contributed by atoms with E-state index in [0.29, 0.717) is 6.04 Å². The molecule has 0 amide bonds. The van der Waals surface area contributed by atoms with Gasteiger partial charge in [0, 0.05) is 18.4 Å². The van der Waals surface area contributed by atoms with E-state index in [1.165, 1.54) is 6.42 Å². The predicted octanol–water partition coefficient (Wildman–Crippen LogP) is 2.02. The van der Waals surface area contributed by atoms with E-state index >= 15 is 0 Å². The number of hydrogen-bond acceptors (Lipinski definition) is 5. The molecule has 3 atom stereocenters. The second kappa shape index (κ2) is 5.80. The Morgan fingerprint density at radius 1 is 1.29 bits per heavy atom. The molecular weight excluding hydrogens is 234 g/mol. The lowest BCUT2D eigenvalue weighted by Crippen LogP contribution is -2.44. The first kappa shape index (κ1) is 12.8. The Hall–Kier alpha value is -0.650. The van der Waals surface area contributed by atoms with E-state index in [1.54, 1.807) is 24.2 Å². The fraction of sp³-hybridized carbons (Fsp3) is 0.667. The van der Waals surface area contributed by atoms with E-state index < -0.39 is 0 Å². The smallest absolute Gasteiger partial charge is 0.189 e. The van der Waals surface area contributed by atoms with Crippen LogP contribution in [0.2, 0.25) is 0 Å². The standard InChI is InChI=1S/C12H19N3OS/c1-9-10(15(2)3)5-6-11(16-9)17-12-13-7-4-8-14-12/h4,7-11H,5-6H2,1-3H3/t9-,10+,11?/m1/s1. The summed E-state index contributed by atoms with van der Waals surface area (Å²) in [7, 11) is 4.22. The summed E-state index contributed by atoms with van der Waals surface area (Å²) in [5, 5.41) is 0.799. The van der Waals surface area contributed by atoms with Crippen LogP contribution in [-0.4, -0.2) is 46.5 Å². The van der Waals surface area contributed by atoms with Gasteiger partial charge in [0.15, 0.2) is 5.16 Å². The van der Waals surface area contributed by atoms with Crippen molar-refractivity contribution in [3.63, 3.8) is 0 Å². The molecule has 1 aromatic rings. The normalized spacial score (nSPS) is 29.5. The lowest BCUT2D eigenvalue weighted by molar-refractivity contribution is -0.0430. The fourth-order valence-electron chi connectivity index (χ4n) is 2.17. The highest BCUT2D eigenvalue weighted by Crippen LogP contribution is 2.31. The summed E-state index contributed by atoms with van der Waals surface area (Å²) in [6, 6.07) is 2.35. The van der Waals surface area contributed by atoms with E-state index in [2.05, 4.69) is 35.9 Å². The Morgan fingerprint density at radius 2 is 2.00 bits per heavy atom. The minimum Gasteiger partial charge on any atom is -0.363 e. The third-order valence-corrected chi connectivity index (χ3v) is 4.08. The van der Waals surface area contributed by atoms with E-state index in [-0.39, 0.29) is 11.5 Å². The van der Waals surface area contributed by atoms with Gasteiger partial charge in [-0.2, -0.15) is 0 Å². The second-order valence-electron chi connectivity index (χ2n) is 4.53. The van der Waals surface area contributed by atoms with Crippen molar-refractivity contribution in [1.82, 2.24) is 14.9 Å². The first-order valence-corrected chi connectivity index (χ1v) is 6.80. The Labute approximate surface area is 107 Å². The zero-order valence-corrected chi connectivity index (χ0v) is 11.4. The largest absolute Gasteiger partial charge is 0.363 e. The summed E-state index contributed by atoms with van der Waals surface area (Å²) in [5.41, 5.74) is 0.184. The molecule has 1 aliphatic rings. The van der Waals surface area contributed by atoms with Crippen molar-refractivity contribution < 1.29 is 4.74 Å². The first-order valence-electron chi connectivity index (χ1n) is 5.92. The molecule has 0 radical (unpaired) electrons. The first-order chi connectivity index (χ1) is 8.16. The quantitative estimate of drug-likeness (QED) is 0.771. The van der Waals surface area contributed by atoms with Crippen LogP contribution < -0.4 is 0 Å². The fourth-order valence-corrected chi connectivity index (χ4v) is 3.13. The van der Waals surface area contributed by atoms with Crippen molar-refractivity contribution in [3.05, 3.63) is 18.5 Å². The van der Waals surface area contributed by atoms with Gasteiger partial charge in [-0.15, -0.1) is 0 Å². The summed E-state index contributed by atoms with van der Waals surface area (Å²) < 4.78 is 6.01. The number of aromatic nitrogens is 2. The van der Waals surface area contributed by atoms with Gasteiger partial charge in [-0.3, -0.25) is 0 Å². The summed E-state index contributed by atoms with van der Waals surface area (Å²) in [6.07, 6.45) is 6.02. The zero-order valence-electron chi connectivity index (χ0n) is 10.5. The van der Waals surface area contributed by atoms with Gasteiger partial charge in [-0.1, -0.05) is 11.8 Å². The number of hydrogen-bond donors (Lipinski definition) is 0. The number of rotatable bonds is 3. The van der Waals surface area contributed by atoms with Crippen LogP contribution >= 0.6 is 11.8 Å². The minimum absolute atomic E-state index is 0.184. The van der Waals surface area contributed by atoms with Crippen LogP contribution in [0.4, 0.5) is 0 Å². The van der Waals surface area contributed by atoms with Gasteiger partial charge >= 0.3 is 0 Å². The van der Waals surface area contributed by atoms with Gasteiger partial charge in [0.1, 0.15) is 5.44 Å². The van der Waals surface area contributed by atoms with Gasteiger partial charge in [0.25, 0.3) is 0 Å². The molecule has 17 heavy (non-hydrogen) atoms. The maximum absolute atomic E-state index is 6.01. The Morgan fingerprint density at radius 3 is 2.59 bits per heavy atom. The molecule has 2 rings (SSSR count). The lowest BCUT2D eigenvalue weighted by Gasteiger charge is -2.37. The molecule has 0 aliphatic carbocycles. The highest BCUT2D eigenvalue weighted by molar-refractivity contribution is 7.99. The Balaban J connectivity index is 1.90. The van der Waals surface area contributed by atoms with Crippen LogP contribution in [0.5, 0.6) is 0 Å². The maximum atomic E-state index is 6.01. The summed E-state index contributed by atoms with van der Waals surface area (Å²) >= 11 is 1.62. The number of ether oxygens (including phenoxy) is 1. The maximum Gasteiger partial charge on any atom is 0.189 e. The summed E-state index contributed by atoms with van der Waals surface area (Å²) in [4.78, 5) is 10.7. The molecule has 5 heteroatoms. The van der Waals surface area contributed by atoms with Crippen LogP contribution in [0.3, 0.4) is 0 Å². The molecule has 4 nitrogen and oxygen atoms in total. The molecule has 1 aromatic heterocycles. The molecule has 2 heterocycles. The van der Waals surface area contributed by atoms with E-state index in [9.17, 15) is 0 Å². The van der Waals surface area contributed by atoms with E-state index in [0.717, 1.165) is 11.6 Å². The third-order valence-electron chi connectivity index (χ3n) is 3.05. The number of likely N-dealkylation sites (N-methyl/N-ethyl adjacent to an activating group) is 1. The Bertz CT molecular complexity index is 347. The number of thioether (sulfide) groups is 1. The van der Waals surface area contributed by atoms with Gasteiger partial charge in [-0.05, 0) is 39.9 Å². The number of nitrogens with zero attached hydrogens (tertiary/aromatic N) is 3. The highest BCUT2D eigenvalue weighted by atomic mass is 32.2. The minimum atomic E-state index is 0.184. The van der Waals surface area contributed by atoms with E-state index in [1.807, 2.05) is 6.07 Å². The summed E-state index contributed by atoms with van der Waals surface area (Å²) in [6.45, 7) is 2.14. The van der Waals surface area contributed by atoms with Crippen molar-refractivity contribution in [2.75, 3.05) is 14.1 Å². The average molecular weight is 253 g/mol. The molecule has 1 unspecified atom stereocenters. The zero-order chi connectivity index (χ0) is 12.3. The van der Waals surface area contributed by atoms with Crippen molar-refractivity contribution in [2.45, 2.75) is 42.5 Å². The molecule has 0 spiro atoms. The van der Waals surface area contributed by atoms with Gasteiger partial charge < -0.3 is 9.64 Å². The van der Waals surface area contributed by atoms with Gasteiger partial charge in [0.2, 0.25) is 0 Å². The van der Waals surface area contributed by atoms with Crippen molar-refractivity contribution in [3.8, 4) is 0 Å². The molecular formula is C12H19N3OS. The van der Waals surface area contributed by atoms with Crippen LogP contribution in [0.15, 0.2) is 23.6 Å². The molecule has 1 aliphatic heterocycles. The topological polar surface area (TPSA) is 38.3 Å². The third kappa shape index (κ3) is 3.40. The molecule has 1 fully saturated rings. The molecule has 0 saturated carbocycles. The van der Waals surface area contributed by atoms with Gasteiger partial charge in [0.05, 0.1) is 6.10 Å². The van der Waals surface area contributed by atoms with E-state index in [4.69, 9.17) is 4.74 Å². The van der Waals surface area contributed by atoms with Crippen molar-refractivity contribution in [2.24, 2.45) is 0 Å². The average Bonchev–Trinajstić information content (AvgIpc) is 2.30. The predicted molar refractivity (Wildman–Crippen MR) is 68.9 cm³/mol. The summed E-state index contributed by atoms with van der Waals surface area (Å²) in [5.74, 6) is 0. The Kier molecular flexibility index (Phi) is 4.36. The van der Waals surface area contributed by atoms with Gasteiger partial charge in [-0.25, -0.2) is 9.97 Å². The van der Waals surface area contributed by atoms with Crippen LogP contribution in [0.25, 0.3) is 0 Å². The van der Waals surface area contributed by atoms with Crippen LogP contribution in [-0.2, 0) is 4.74 Å². The second-order valence-corrected chi connectivity index (χ2v) is 5.65.